The van der Waals surface area contributed by atoms with Crippen LogP contribution in [-0.4, -0.2) is 31.3 Å². The number of anilines is 3. The number of hydrogen-bond donors (Lipinski definition) is 2. The number of hydrogen-bond acceptors (Lipinski definition) is 8. The number of nitrogens with zero attached hydrogens (tertiary/aromatic N) is 5. The molecule has 3 heterocycles. The van der Waals surface area contributed by atoms with Gasteiger partial charge in [0, 0.05) is 28.2 Å². The standard InChI is InChI=1S/C23H21F2N7OS/c1-13-5-4-10-32-20(13)30-19(29-16-6-8-17(9-7-16)34-22(24)25)18(21(32)33)12-26-31-23-27-14(2)11-15(3)28-23/h4-12,22,29H,1-3H3,(H,27,28,31). The Morgan fingerprint density at radius 2 is 1.76 bits per heavy atom. The van der Waals surface area contributed by atoms with Gasteiger partial charge in [-0.05, 0) is 62.7 Å². The number of thioether (sulfide) groups is 1. The summed E-state index contributed by atoms with van der Waals surface area (Å²) < 4.78 is 26.7. The zero-order valence-corrected chi connectivity index (χ0v) is 19.4. The topological polar surface area (TPSA) is 96.6 Å². The molecule has 0 aliphatic carbocycles. The third-order valence-corrected chi connectivity index (χ3v) is 5.49. The van der Waals surface area contributed by atoms with Gasteiger partial charge in [0.25, 0.3) is 11.3 Å². The van der Waals surface area contributed by atoms with Gasteiger partial charge in [-0.25, -0.2) is 20.4 Å². The number of aromatic nitrogens is 4. The van der Waals surface area contributed by atoms with E-state index >= 15 is 0 Å². The second-order valence-corrected chi connectivity index (χ2v) is 8.50. The molecule has 2 N–H and O–H groups in total. The van der Waals surface area contributed by atoms with E-state index in [2.05, 4.69) is 30.8 Å². The molecule has 8 nitrogen and oxygen atoms in total. The predicted molar refractivity (Wildman–Crippen MR) is 131 cm³/mol. The molecule has 0 amide bonds. The normalized spacial score (nSPS) is 11.5. The Labute approximate surface area is 198 Å². The lowest BCUT2D eigenvalue weighted by molar-refractivity contribution is 0.252. The summed E-state index contributed by atoms with van der Waals surface area (Å²) in [6, 6.07) is 11.9. The van der Waals surface area contributed by atoms with E-state index in [0.29, 0.717) is 33.9 Å². The SMILES string of the molecule is Cc1cc(C)nc(NN=Cc2c(Nc3ccc(SC(F)F)cc3)nc3c(C)cccn3c2=O)n1. The fraction of sp³-hybridized carbons (Fsp3) is 0.174. The van der Waals surface area contributed by atoms with Crippen LogP contribution in [0.2, 0.25) is 0 Å². The number of rotatable bonds is 7. The van der Waals surface area contributed by atoms with Gasteiger partial charge in [0.15, 0.2) is 0 Å². The van der Waals surface area contributed by atoms with Crippen molar-refractivity contribution in [3.05, 3.63) is 81.5 Å². The van der Waals surface area contributed by atoms with Crippen LogP contribution >= 0.6 is 11.8 Å². The number of aryl methyl sites for hydroxylation is 3. The maximum absolute atomic E-state index is 13.3. The number of alkyl halides is 2. The van der Waals surface area contributed by atoms with Crippen molar-refractivity contribution < 1.29 is 8.78 Å². The molecule has 174 valence electrons. The van der Waals surface area contributed by atoms with Crippen molar-refractivity contribution in [1.29, 1.82) is 0 Å². The number of fused-ring (bicyclic) bond motifs is 1. The van der Waals surface area contributed by atoms with Crippen LogP contribution in [0.4, 0.5) is 26.2 Å². The van der Waals surface area contributed by atoms with E-state index in [4.69, 9.17) is 0 Å². The van der Waals surface area contributed by atoms with E-state index < -0.39 is 5.76 Å². The Bertz CT molecular complexity index is 1400. The summed E-state index contributed by atoms with van der Waals surface area (Å²) in [6.07, 6.45) is 2.99. The van der Waals surface area contributed by atoms with Gasteiger partial charge in [0.05, 0.1) is 6.21 Å². The maximum Gasteiger partial charge on any atom is 0.288 e. The van der Waals surface area contributed by atoms with Gasteiger partial charge in [-0.2, -0.15) is 13.9 Å². The highest BCUT2D eigenvalue weighted by Crippen LogP contribution is 2.27. The van der Waals surface area contributed by atoms with E-state index in [1.54, 1.807) is 36.5 Å². The van der Waals surface area contributed by atoms with Gasteiger partial charge >= 0.3 is 0 Å². The van der Waals surface area contributed by atoms with Crippen LogP contribution in [0.3, 0.4) is 0 Å². The maximum atomic E-state index is 13.3. The first-order valence-electron chi connectivity index (χ1n) is 10.3. The highest BCUT2D eigenvalue weighted by atomic mass is 32.2. The number of halogens is 2. The quantitative estimate of drug-likeness (QED) is 0.220. The lowest BCUT2D eigenvalue weighted by atomic mass is 10.2. The van der Waals surface area contributed by atoms with Crippen LogP contribution in [0, 0.1) is 20.8 Å². The Hall–Kier alpha value is -3.86. The molecular formula is C23H21F2N7OS. The van der Waals surface area contributed by atoms with Crippen molar-refractivity contribution in [2.75, 3.05) is 10.7 Å². The number of nitrogens with one attached hydrogen (secondary N) is 2. The molecule has 0 fully saturated rings. The highest BCUT2D eigenvalue weighted by molar-refractivity contribution is 7.99. The first-order valence-corrected chi connectivity index (χ1v) is 11.1. The van der Waals surface area contributed by atoms with Gasteiger partial charge in [0.2, 0.25) is 5.95 Å². The third kappa shape index (κ3) is 5.37. The molecule has 0 spiro atoms. The van der Waals surface area contributed by atoms with Crippen LogP contribution in [0.25, 0.3) is 5.65 Å². The first kappa shape index (κ1) is 23.3. The van der Waals surface area contributed by atoms with E-state index in [0.717, 1.165) is 17.0 Å². The van der Waals surface area contributed by atoms with Gasteiger partial charge in [-0.15, -0.1) is 0 Å². The van der Waals surface area contributed by atoms with Crippen molar-refractivity contribution in [3.63, 3.8) is 0 Å². The monoisotopic (exact) mass is 481 g/mol. The minimum atomic E-state index is -2.50. The summed E-state index contributed by atoms with van der Waals surface area (Å²) in [5, 5.41) is 7.26. The van der Waals surface area contributed by atoms with Crippen LogP contribution in [-0.2, 0) is 0 Å². The van der Waals surface area contributed by atoms with Crippen molar-refractivity contribution in [2.24, 2.45) is 5.10 Å². The van der Waals surface area contributed by atoms with Crippen molar-refractivity contribution in [2.45, 2.75) is 31.4 Å². The highest BCUT2D eigenvalue weighted by Gasteiger charge is 2.13. The fourth-order valence-electron chi connectivity index (χ4n) is 3.31. The van der Waals surface area contributed by atoms with Gasteiger partial charge in [0.1, 0.15) is 17.0 Å². The predicted octanol–water partition coefficient (Wildman–Crippen LogP) is 4.91. The van der Waals surface area contributed by atoms with Gasteiger partial charge in [-0.3, -0.25) is 9.20 Å². The zero-order chi connectivity index (χ0) is 24.2. The van der Waals surface area contributed by atoms with Crippen molar-refractivity contribution in [1.82, 2.24) is 19.4 Å². The Balaban J connectivity index is 1.71. The fourth-order valence-corrected chi connectivity index (χ4v) is 3.81. The summed E-state index contributed by atoms with van der Waals surface area (Å²) in [4.78, 5) is 26.9. The lowest BCUT2D eigenvalue weighted by Crippen LogP contribution is -2.22. The molecule has 4 aromatic rings. The Kier molecular flexibility index (Phi) is 6.82. The van der Waals surface area contributed by atoms with Crippen LogP contribution in [0.15, 0.2) is 63.5 Å². The van der Waals surface area contributed by atoms with Crippen molar-refractivity contribution in [3.8, 4) is 0 Å². The van der Waals surface area contributed by atoms with E-state index in [-0.39, 0.29) is 16.9 Å². The Morgan fingerprint density at radius 1 is 1.06 bits per heavy atom. The molecule has 0 unspecified atom stereocenters. The van der Waals surface area contributed by atoms with E-state index in [1.807, 2.05) is 32.9 Å². The summed E-state index contributed by atoms with van der Waals surface area (Å²) in [6.45, 7) is 5.55. The average Bonchev–Trinajstić information content (AvgIpc) is 2.77. The van der Waals surface area contributed by atoms with Crippen LogP contribution < -0.4 is 16.3 Å². The van der Waals surface area contributed by atoms with Gasteiger partial charge < -0.3 is 5.32 Å². The molecule has 0 aliphatic rings. The molecule has 4 rings (SSSR count). The molecule has 0 bridgehead atoms. The molecule has 3 aromatic heterocycles. The summed E-state index contributed by atoms with van der Waals surface area (Å²) >= 11 is 0.462. The number of benzene rings is 1. The minimum Gasteiger partial charge on any atom is -0.339 e. The second kappa shape index (κ2) is 9.96. The van der Waals surface area contributed by atoms with Crippen LogP contribution in [0.5, 0.6) is 0 Å². The minimum absolute atomic E-state index is 0.200. The molecule has 0 saturated carbocycles. The third-order valence-electron chi connectivity index (χ3n) is 4.77. The largest absolute Gasteiger partial charge is 0.339 e. The van der Waals surface area contributed by atoms with E-state index in [1.165, 1.54) is 10.6 Å². The molecule has 0 aliphatic heterocycles. The van der Waals surface area contributed by atoms with Crippen LogP contribution in [0.1, 0.15) is 22.5 Å². The Morgan fingerprint density at radius 3 is 2.44 bits per heavy atom. The molecular weight excluding hydrogens is 460 g/mol. The number of hydrazone groups is 1. The lowest BCUT2D eigenvalue weighted by Gasteiger charge is -2.12. The molecule has 11 heteroatoms. The average molecular weight is 482 g/mol. The first-order chi connectivity index (χ1) is 16.3. The summed E-state index contributed by atoms with van der Waals surface area (Å²) in [5.74, 6) is -1.92. The van der Waals surface area contributed by atoms with Crippen molar-refractivity contribution >= 4 is 41.1 Å². The zero-order valence-electron chi connectivity index (χ0n) is 18.6. The number of pyridine rings is 1. The molecule has 34 heavy (non-hydrogen) atoms. The smallest absolute Gasteiger partial charge is 0.288 e. The molecule has 0 saturated heterocycles. The summed E-state index contributed by atoms with van der Waals surface area (Å²) in [7, 11) is 0. The summed E-state index contributed by atoms with van der Waals surface area (Å²) in [5.41, 5.74) is 6.08. The van der Waals surface area contributed by atoms with Gasteiger partial charge in [-0.1, -0.05) is 17.8 Å². The second-order valence-electron chi connectivity index (χ2n) is 7.44. The molecule has 0 atom stereocenters. The van der Waals surface area contributed by atoms with E-state index in [9.17, 15) is 13.6 Å². The molecule has 1 aromatic carbocycles. The molecule has 0 radical (unpaired) electrons.